The molecule has 0 unspecified atom stereocenters. The number of amides is 2. The molecule has 0 radical (unpaired) electrons. The van der Waals surface area contributed by atoms with Gasteiger partial charge in [0.2, 0.25) is 10.6 Å². The summed E-state index contributed by atoms with van der Waals surface area (Å²) < 4.78 is 7.28. The minimum atomic E-state index is -0.500. The van der Waals surface area contributed by atoms with E-state index >= 15 is 0 Å². The molecule has 0 spiro atoms. The van der Waals surface area contributed by atoms with Gasteiger partial charge in [-0.2, -0.15) is 0 Å². The lowest BCUT2D eigenvalue weighted by Gasteiger charge is -2.17. The van der Waals surface area contributed by atoms with Crippen molar-refractivity contribution in [1.82, 2.24) is 19.7 Å². The van der Waals surface area contributed by atoms with Gasteiger partial charge in [-0.05, 0) is 64.5 Å². The summed E-state index contributed by atoms with van der Waals surface area (Å²) in [4.78, 5) is 38.4. The second-order valence-electron chi connectivity index (χ2n) is 8.73. The third kappa shape index (κ3) is 6.65. The molecule has 0 saturated heterocycles. The number of benzene rings is 3. The van der Waals surface area contributed by atoms with Crippen molar-refractivity contribution in [2.45, 2.75) is 25.4 Å². The molecule has 0 fully saturated rings. The van der Waals surface area contributed by atoms with Crippen LogP contribution in [0.5, 0.6) is 0 Å². The maximum absolute atomic E-state index is 12.8. The summed E-state index contributed by atoms with van der Waals surface area (Å²) >= 11 is 11.1. The van der Waals surface area contributed by atoms with Crippen LogP contribution in [0.3, 0.4) is 0 Å². The maximum Gasteiger partial charge on any atom is 0.325 e. The molecule has 0 aliphatic heterocycles. The number of aromatic nitrogens is 3. The number of rotatable bonds is 10. The van der Waals surface area contributed by atoms with Gasteiger partial charge in [0.1, 0.15) is 6.54 Å². The Kier molecular flexibility index (Phi) is 9.83. The van der Waals surface area contributed by atoms with Gasteiger partial charge in [-0.25, -0.2) is 0 Å². The van der Waals surface area contributed by atoms with Gasteiger partial charge in [0.05, 0.1) is 28.8 Å². The number of thioether (sulfide) groups is 1. The SMILES string of the molecule is CCOC(=O)CN(C)C(=O)c1ccc(NC(=O)CSc2nnc(Br)n2-c2ccc(CC)c3ccccc23)c(Cl)c1. The van der Waals surface area contributed by atoms with Crippen molar-refractivity contribution >= 4 is 73.5 Å². The van der Waals surface area contributed by atoms with E-state index in [1.165, 1.54) is 41.4 Å². The third-order valence-corrected chi connectivity index (χ3v) is 7.80. The summed E-state index contributed by atoms with van der Waals surface area (Å²) in [7, 11) is 1.50. The molecule has 1 aromatic heterocycles. The van der Waals surface area contributed by atoms with E-state index in [4.69, 9.17) is 16.3 Å². The van der Waals surface area contributed by atoms with E-state index < -0.39 is 11.9 Å². The third-order valence-electron chi connectivity index (χ3n) is 6.05. The van der Waals surface area contributed by atoms with Crippen molar-refractivity contribution in [2.75, 3.05) is 31.3 Å². The van der Waals surface area contributed by atoms with Crippen LogP contribution in [0.1, 0.15) is 29.8 Å². The number of anilines is 1. The highest BCUT2D eigenvalue weighted by Gasteiger charge is 2.19. The first-order chi connectivity index (χ1) is 19.2. The van der Waals surface area contributed by atoms with Crippen LogP contribution >= 0.6 is 39.3 Å². The van der Waals surface area contributed by atoms with Crippen LogP contribution in [0, 0.1) is 0 Å². The molecule has 0 aliphatic rings. The number of hydrogen-bond acceptors (Lipinski definition) is 7. The van der Waals surface area contributed by atoms with E-state index in [1.54, 1.807) is 13.0 Å². The van der Waals surface area contributed by atoms with E-state index in [2.05, 4.69) is 56.6 Å². The Morgan fingerprint density at radius 1 is 1.07 bits per heavy atom. The molecular weight excluding hydrogens is 618 g/mol. The predicted octanol–water partition coefficient (Wildman–Crippen LogP) is 5.76. The highest BCUT2D eigenvalue weighted by molar-refractivity contribution is 9.10. The first-order valence-corrected chi connectivity index (χ1v) is 14.6. The fourth-order valence-corrected chi connectivity index (χ4v) is 5.68. The van der Waals surface area contributed by atoms with Crippen LogP contribution in [0.15, 0.2) is 64.5 Å². The molecule has 1 N–H and O–H groups in total. The summed E-state index contributed by atoms with van der Waals surface area (Å²) in [5, 5.41) is 14.2. The van der Waals surface area contributed by atoms with E-state index in [1.807, 2.05) is 22.8 Å². The molecule has 4 aromatic rings. The summed E-state index contributed by atoms with van der Waals surface area (Å²) in [6, 6.07) is 16.8. The number of ether oxygens (including phenoxy) is 1. The Morgan fingerprint density at radius 2 is 1.82 bits per heavy atom. The average Bonchev–Trinajstić information content (AvgIpc) is 3.31. The lowest BCUT2D eigenvalue weighted by molar-refractivity contribution is -0.143. The van der Waals surface area contributed by atoms with Crippen molar-refractivity contribution in [3.8, 4) is 5.69 Å². The first kappa shape index (κ1) is 29.6. The number of likely N-dealkylation sites (N-methyl/N-ethyl adjacent to an activating group) is 1. The fraction of sp³-hybridized carbons (Fsp3) is 0.250. The zero-order valence-corrected chi connectivity index (χ0v) is 25.3. The van der Waals surface area contributed by atoms with E-state index in [-0.39, 0.29) is 35.4 Å². The topological polar surface area (TPSA) is 106 Å². The Balaban J connectivity index is 1.45. The number of nitrogens with zero attached hydrogens (tertiary/aromatic N) is 4. The van der Waals surface area contributed by atoms with Gasteiger partial charge in [-0.1, -0.05) is 60.6 Å². The van der Waals surface area contributed by atoms with Crippen molar-refractivity contribution in [3.05, 3.63) is 75.5 Å². The number of carbonyl (C=O) groups is 3. The Labute approximate surface area is 249 Å². The van der Waals surface area contributed by atoms with Crippen LogP contribution in [-0.2, 0) is 20.7 Å². The molecular formula is C28H27BrClN5O4S. The molecule has 2 amide bonds. The second-order valence-corrected chi connectivity index (χ2v) is 10.8. The minimum Gasteiger partial charge on any atom is -0.465 e. The number of esters is 1. The van der Waals surface area contributed by atoms with Crippen molar-refractivity contribution in [1.29, 1.82) is 0 Å². The zero-order chi connectivity index (χ0) is 28.8. The predicted molar refractivity (Wildman–Crippen MR) is 160 cm³/mol. The van der Waals surface area contributed by atoms with Crippen molar-refractivity contribution in [2.24, 2.45) is 0 Å². The zero-order valence-electron chi connectivity index (χ0n) is 22.1. The largest absolute Gasteiger partial charge is 0.465 e. The summed E-state index contributed by atoms with van der Waals surface area (Å²) in [6.07, 6.45) is 0.911. The van der Waals surface area contributed by atoms with Crippen molar-refractivity contribution in [3.63, 3.8) is 0 Å². The molecule has 208 valence electrons. The quantitative estimate of drug-likeness (QED) is 0.173. The number of nitrogens with one attached hydrogen (secondary N) is 1. The summed E-state index contributed by atoms with van der Waals surface area (Å²) in [5.74, 6) is -1.15. The summed E-state index contributed by atoms with van der Waals surface area (Å²) in [6.45, 7) is 3.87. The molecule has 0 saturated carbocycles. The standard InChI is InChI=1S/C28H27BrClN5O4S/c1-4-17-11-13-23(20-9-7-6-8-19(17)20)35-27(29)32-33-28(35)40-16-24(36)31-22-12-10-18(14-21(22)30)26(38)34(3)15-25(37)39-5-2/h6-14H,4-5,15-16H2,1-3H3,(H,31,36). The number of aryl methyl sites for hydroxylation is 1. The van der Waals surface area contributed by atoms with Gasteiger partial charge < -0.3 is 15.0 Å². The van der Waals surface area contributed by atoms with Crippen molar-refractivity contribution < 1.29 is 19.1 Å². The lowest BCUT2D eigenvalue weighted by Crippen LogP contribution is -2.33. The minimum absolute atomic E-state index is 0.0510. The van der Waals surface area contributed by atoms with Gasteiger partial charge >= 0.3 is 5.97 Å². The highest BCUT2D eigenvalue weighted by atomic mass is 79.9. The smallest absolute Gasteiger partial charge is 0.325 e. The van der Waals surface area contributed by atoms with Crippen LogP contribution in [0.2, 0.25) is 5.02 Å². The van der Waals surface area contributed by atoms with Crippen LogP contribution in [0.4, 0.5) is 5.69 Å². The van der Waals surface area contributed by atoms with Gasteiger partial charge in [-0.15, -0.1) is 10.2 Å². The fourth-order valence-electron chi connectivity index (χ4n) is 4.16. The van der Waals surface area contributed by atoms with Gasteiger partial charge in [0, 0.05) is 18.0 Å². The van der Waals surface area contributed by atoms with Crippen LogP contribution < -0.4 is 5.32 Å². The highest BCUT2D eigenvalue weighted by Crippen LogP contribution is 2.32. The molecule has 1 heterocycles. The molecule has 0 atom stereocenters. The first-order valence-electron chi connectivity index (χ1n) is 12.5. The molecule has 0 aliphatic carbocycles. The molecule has 9 nitrogen and oxygen atoms in total. The van der Waals surface area contributed by atoms with E-state index in [9.17, 15) is 14.4 Å². The number of halogens is 2. The molecule has 12 heteroatoms. The molecule has 40 heavy (non-hydrogen) atoms. The Hall–Kier alpha value is -3.41. The van der Waals surface area contributed by atoms with Crippen LogP contribution in [0.25, 0.3) is 16.5 Å². The van der Waals surface area contributed by atoms with Crippen LogP contribution in [-0.4, -0.2) is 63.4 Å². The van der Waals surface area contributed by atoms with Gasteiger partial charge in [-0.3, -0.25) is 19.0 Å². The molecule has 0 bridgehead atoms. The molecule has 4 rings (SSSR count). The van der Waals surface area contributed by atoms with E-state index in [0.29, 0.717) is 15.6 Å². The van der Waals surface area contributed by atoms with Gasteiger partial charge in [0.25, 0.3) is 5.91 Å². The van der Waals surface area contributed by atoms with Gasteiger partial charge in [0.15, 0.2) is 5.16 Å². The Morgan fingerprint density at radius 3 is 2.52 bits per heavy atom. The monoisotopic (exact) mass is 643 g/mol. The number of carbonyl (C=O) groups excluding carboxylic acids is 3. The lowest BCUT2D eigenvalue weighted by atomic mass is 10.0. The summed E-state index contributed by atoms with van der Waals surface area (Å²) in [5.41, 5.74) is 2.79. The van der Waals surface area contributed by atoms with E-state index in [0.717, 1.165) is 22.9 Å². The second kappa shape index (κ2) is 13.3. The average molecular weight is 645 g/mol. The molecule has 3 aromatic carbocycles. The normalized spacial score (nSPS) is 10.9. The number of hydrogen-bond donors (Lipinski definition) is 1. The number of fused-ring (bicyclic) bond motifs is 1. The maximum atomic E-state index is 12.8. The Bertz CT molecular complexity index is 1580.